The lowest BCUT2D eigenvalue weighted by molar-refractivity contribution is 0.669. The first-order valence-electron chi connectivity index (χ1n) is 17.8. The summed E-state index contributed by atoms with van der Waals surface area (Å²) in [5, 5.41) is 4.78. The number of hydrogen-bond donors (Lipinski definition) is 0. The van der Waals surface area contributed by atoms with Gasteiger partial charge < -0.3 is 4.42 Å². The molecule has 3 aromatic heterocycles. The Morgan fingerprint density at radius 1 is 0.538 bits per heavy atom. The first kappa shape index (κ1) is 33.0. The van der Waals surface area contributed by atoms with E-state index in [0.717, 1.165) is 49.8 Å². The molecule has 0 saturated carbocycles. The van der Waals surface area contributed by atoms with Crippen molar-refractivity contribution in [1.29, 1.82) is 0 Å². The van der Waals surface area contributed by atoms with Crippen LogP contribution in [0.15, 0.2) is 156 Å². The normalized spacial score (nSPS) is 11.9. The highest BCUT2D eigenvalue weighted by molar-refractivity contribution is 7.25. The molecule has 0 bridgehead atoms. The Labute approximate surface area is 307 Å². The van der Waals surface area contributed by atoms with E-state index in [1.165, 1.54) is 31.3 Å². The number of aromatic nitrogens is 3. The number of fused-ring (bicyclic) bond motifs is 6. The van der Waals surface area contributed by atoms with Crippen LogP contribution in [0.1, 0.15) is 33.5 Å². The van der Waals surface area contributed by atoms with Crippen molar-refractivity contribution in [3.05, 3.63) is 158 Å². The number of rotatable bonds is 6. The zero-order valence-electron chi connectivity index (χ0n) is 29.6. The van der Waals surface area contributed by atoms with Gasteiger partial charge in [-0.25, -0.2) is 15.0 Å². The largest absolute Gasteiger partial charge is 0.456 e. The molecule has 9 rings (SSSR count). The number of furan rings is 1. The van der Waals surface area contributed by atoms with Gasteiger partial charge in [-0.2, -0.15) is 0 Å². The topological polar surface area (TPSA) is 51.8 Å². The Kier molecular flexibility index (Phi) is 9.02. The highest BCUT2D eigenvalue weighted by Crippen LogP contribution is 2.43. The number of hydrogen-bond acceptors (Lipinski definition) is 5. The SMILES string of the molecule is C/C=C\C(=C/C)c1nc(-c2ccccc2)nc(-c2cccc(-c3cccc4oc5ccc(-c6cccc7sc8ccccc8c67)cc5c34)c2)n1.CC. The van der Waals surface area contributed by atoms with Gasteiger partial charge in [-0.3, -0.25) is 0 Å². The van der Waals surface area contributed by atoms with Crippen LogP contribution in [0.25, 0.3) is 92.7 Å². The van der Waals surface area contributed by atoms with Crippen molar-refractivity contribution in [3.8, 4) is 45.0 Å². The number of nitrogens with zero attached hydrogens (tertiary/aromatic N) is 3. The molecule has 0 N–H and O–H groups in total. The maximum absolute atomic E-state index is 6.46. The number of allylic oxidation sites excluding steroid dienone is 4. The van der Waals surface area contributed by atoms with Gasteiger partial charge in [0, 0.05) is 47.6 Å². The van der Waals surface area contributed by atoms with Crippen molar-refractivity contribution in [2.24, 2.45) is 0 Å². The lowest BCUT2D eigenvalue weighted by atomic mass is 9.95. The van der Waals surface area contributed by atoms with Gasteiger partial charge in [0.05, 0.1) is 0 Å². The molecule has 9 aromatic rings. The molecular formula is C47H37N3OS. The van der Waals surface area contributed by atoms with Gasteiger partial charge in [0.1, 0.15) is 11.2 Å². The summed E-state index contributed by atoms with van der Waals surface area (Å²) in [5.74, 6) is 1.91. The van der Waals surface area contributed by atoms with Crippen LogP contribution >= 0.6 is 11.3 Å². The maximum Gasteiger partial charge on any atom is 0.164 e. The van der Waals surface area contributed by atoms with E-state index in [4.69, 9.17) is 19.4 Å². The molecule has 0 unspecified atom stereocenters. The standard InChI is InChI=1S/C45H31N3OS.C2H6/c1-3-13-28(4-2)43-46-44(29-14-6-5-7-15-29)48-45(47-43)32-17-10-16-30(26-32)33-19-11-21-38-41(33)36-27-31(24-25-37(36)49-38)34-20-12-23-40-42(34)35-18-8-9-22-39(35)50-40;1-2/h3-27H,1-2H3;1-2H3/b13-3-,28-4+;. The fourth-order valence-corrected chi connectivity index (χ4v) is 8.04. The second-order valence-electron chi connectivity index (χ2n) is 12.3. The van der Waals surface area contributed by atoms with Crippen LogP contribution in [-0.4, -0.2) is 15.0 Å². The Hall–Kier alpha value is -6.17. The molecule has 0 atom stereocenters. The second-order valence-corrected chi connectivity index (χ2v) is 13.3. The van der Waals surface area contributed by atoms with Crippen LogP contribution in [-0.2, 0) is 0 Å². The quantitative estimate of drug-likeness (QED) is 0.163. The first-order chi connectivity index (χ1) is 25.7. The van der Waals surface area contributed by atoms with E-state index in [2.05, 4.69) is 103 Å². The van der Waals surface area contributed by atoms with Crippen LogP contribution in [0.3, 0.4) is 0 Å². The van der Waals surface area contributed by atoms with Gasteiger partial charge in [-0.1, -0.05) is 129 Å². The average Bonchev–Trinajstić information content (AvgIpc) is 3.79. The van der Waals surface area contributed by atoms with Crippen LogP contribution in [0.5, 0.6) is 0 Å². The summed E-state index contributed by atoms with van der Waals surface area (Å²) in [6.45, 7) is 8.01. The molecule has 0 aliphatic heterocycles. The van der Waals surface area contributed by atoms with Crippen molar-refractivity contribution in [2.75, 3.05) is 0 Å². The fraction of sp³-hybridized carbons (Fsp3) is 0.0851. The molecule has 0 saturated heterocycles. The number of thiophene rings is 1. The van der Waals surface area contributed by atoms with Crippen molar-refractivity contribution >= 4 is 59.0 Å². The van der Waals surface area contributed by atoms with Crippen LogP contribution in [0.4, 0.5) is 0 Å². The molecule has 6 aromatic carbocycles. The summed E-state index contributed by atoms with van der Waals surface area (Å²) in [6, 6.07) is 46.7. The van der Waals surface area contributed by atoms with Crippen molar-refractivity contribution < 1.29 is 4.42 Å². The summed E-state index contributed by atoms with van der Waals surface area (Å²) in [6.07, 6.45) is 6.07. The fourth-order valence-electron chi connectivity index (χ4n) is 6.91. The minimum absolute atomic E-state index is 0.627. The lowest BCUT2D eigenvalue weighted by Crippen LogP contribution is -2.02. The van der Waals surface area contributed by atoms with E-state index < -0.39 is 0 Å². The number of benzene rings is 6. The van der Waals surface area contributed by atoms with E-state index in [1.54, 1.807) is 0 Å². The van der Waals surface area contributed by atoms with E-state index in [0.29, 0.717) is 17.5 Å². The van der Waals surface area contributed by atoms with E-state index >= 15 is 0 Å². The molecule has 52 heavy (non-hydrogen) atoms. The summed E-state index contributed by atoms with van der Waals surface area (Å²) >= 11 is 1.84. The van der Waals surface area contributed by atoms with Crippen LogP contribution in [0.2, 0.25) is 0 Å². The maximum atomic E-state index is 6.46. The van der Waals surface area contributed by atoms with Gasteiger partial charge in [0.15, 0.2) is 17.5 Å². The third-order valence-electron chi connectivity index (χ3n) is 9.22. The molecule has 4 nitrogen and oxygen atoms in total. The smallest absolute Gasteiger partial charge is 0.164 e. The highest BCUT2D eigenvalue weighted by atomic mass is 32.1. The lowest BCUT2D eigenvalue weighted by Gasteiger charge is -2.10. The van der Waals surface area contributed by atoms with Gasteiger partial charge >= 0.3 is 0 Å². The Bertz CT molecular complexity index is 2790. The predicted molar refractivity (Wildman–Crippen MR) is 222 cm³/mol. The monoisotopic (exact) mass is 691 g/mol. The van der Waals surface area contributed by atoms with Gasteiger partial charge in [0.2, 0.25) is 0 Å². The predicted octanol–water partition coefficient (Wildman–Crippen LogP) is 13.8. The second kappa shape index (κ2) is 14.2. The third-order valence-corrected chi connectivity index (χ3v) is 10.4. The molecule has 0 spiro atoms. The molecule has 0 fully saturated rings. The highest BCUT2D eigenvalue weighted by Gasteiger charge is 2.18. The van der Waals surface area contributed by atoms with Gasteiger partial charge in [0.25, 0.3) is 0 Å². The molecule has 0 radical (unpaired) electrons. The average molecular weight is 692 g/mol. The summed E-state index contributed by atoms with van der Waals surface area (Å²) in [4.78, 5) is 14.8. The summed E-state index contributed by atoms with van der Waals surface area (Å²) in [5.41, 5.74) is 9.10. The third kappa shape index (κ3) is 5.89. The van der Waals surface area contributed by atoms with Crippen molar-refractivity contribution in [1.82, 2.24) is 15.0 Å². The molecule has 0 amide bonds. The van der Waals surface area contributed by atoms with Gasteiger partial charge in [-0.15, -0.1) is 11.3 Å². The van der Waals surface area contributed by atoms with E-state index in [1.807, 2.05) is 87.6 Å². The molecule has 5 heteroatoms. The molecule has 0 aliphatic rings. The van der Waals surface area contributed by atoms with E-state index in [9.17, 15) is 0 Å². The minimum Gasteiger partial charge on any atom is -0.456 e. The van der Waals surface area contributed by atoms with Gasteiger partial charge in [-0.05, 0) is 72.5 Å². The first-order valence-corrected chi connectivity index (χ1v) is 18.6. The molecule has 252 valence electrons. The molecule has 3 heterocycles. The van der Waals surface area contributed by atoms with Crippen LogP contribution in [0, 0.1) is 0 Å². The Morgan fingerprint density at radius 2 is 1.19 bits per heavy atom. The Balaban J connectivity index is 0.00000190. The van der Waals surface area contributed by atoms with Crippen molar-refractivity contribution in [3.63, 3.8) is 0 Å². The zero-order valence-corrected chi connectivity index (χ0v) is 30.4. The molecule has 0 aliphatic carbocycles. The zero-order chi connectivity index (χ0) is 35.6. The minimum atomic E-state index is 0.627. The molecular weight excluding hydrogens is 655 g/mol. The summed E-state index contributed by atoms with van der Waals surface area (Å²) < 4.78 is 9.06. The van der Waals surface area contributed by atoms with Crippen LogP contribution < -0.4 is 0 Å². The van der Waals surface area contributed by atoms with Crippen molar-refractivity contribution in [2.45, 2.75) is 27.7 Å². The summed E-state index contributed by atoms with van der Waals surface area (Å²) in [7, 11) is 0. The van der Waals surface area contributed by atoms with E-state index in [-0.39, 0.29) is 0 Å². The Morgan fingerprint density at radius 3 is 2.00 bits per heavy atom.